The molecule has 0 saturated carbocycles. The molecule has 0 fully saturated rings. The average Bonchev–Trinajstić information content (AvgIpc) is 2.76. The second-order valence-electron chi connectivity index (χ2n) is 4.01. The van der Waals surface area contributed by atoms with E-state index in [1.165, 1.54) is 6.20 Å². The van der Waals surface area contributed by atoms with Gasteiger partial charge in [-0.25, -0.2) is 4.98 Å². The van der Waals surface area contributed by atoms with Gasteiger partial charge in [-0.1, -0.05) is 11.6 Å². The fourth-order valence-electron chi connectivity index (χ4n) is 1.55. The number of hydrogen-bond acceptors (Lipinski definition) is 3. The summed E-state index contributed by atoms with van der Waals surface area (Å²) in [6, 6.07) is 6.73. The Morgan fingerprint density at radius 1 is 1.39 bits per heavy atom. The van der Waals surface area contributed by atoms with Crippen molar-refractivity contribution in [1.29, 1.82) is 0 Å². The molecule has 0 aliphatic heterocycles. The van der Waals surface area contributed by atoms with E-state index in [-0.39, 0.29) is 11.9 Å². The van der Waals surface area contributed by atoms with Crippen molar-refractivity contribution in [2.45, 2.75) is 19.9 Å². The second kappa shape index (κ2) is 5.23. The molecule has 18 heavy (non-hydrogen) atoms. The Kier molecular flexibility index (Phi) is 3.67. The highest BCUT2D eigenvalue weighted by Crippen LogP contribution is 2.16. The van der Waals surface area contributed by atoms with E-state index < -0.39 is 0 Å². The van der Waals surface area contributed by atoms with Gasteiger partial charge in [0, 0.05) is 6.20 Å². The van der Waals surface area contributed by atoms with Crippen molar-refractivity contribution >= 4 is 17.5 Å². The Balaban J connectivity index is 2.05. The standard InChI is InChI=1S/C13H13ClN2O2/c1-8-3-5-11(18-8)9(2)16-13(17)10-4-6-12(14)15-7-10/h3-7,9H,1-2H3,(H,16,17). The molecule has 1 atom stereocenters. The maximum absolute atomic E-state index is 11.9. The van der Waals surface area contributed by atoms with Gasteiger partial charge in [-0.2, -0.15) is 0 Å². The third-order valence-corrected chi connectivity index (χ3v) is 2.75. The summed E-state index contributed by atoms with van der Waals surface area (Å²) in [5, 5.41) is 3.19. The van der Waals surface area contributed by atoms with Gasteiger partial charge in [0.2, 0.25) is 0 Å². The summed E-state index contributed by atoms with van der Waals surface area (Å²) >= 11 is 5.66. The predicted octanol–water partition coefficient (Wildman–Crippen LogP) is 3.13. The van der Waals surface area contributed by atoms with Crippen LogP contribution in [0.15, 0.2) is 34.9 Å². The molecule has 5 heteroatoms. The summed E-state index contributed by atoms with van der Waals surface area (Å²) in [5.74, 6) is 1.34. The van der Waals surface area contributed by atoms with Crippen molar-refractivity contribution in [1.82, 2.24) is 10.3 Å². The van der Waals surface area contributed by atoms with E-state index in [1.54, 1.807) is 12.1 Å². The van der Waals surface area contributed by atoms with Crippen LogP contribution in [0.25, 0.3) is 0 Å². The smallest absolute Gasteiger partial charge is 0.253 e. The number of furan rings is 1. The number of pyridine rings is 1. The fourth-order valence-corrected chi connectivity index (χ4v) is 1.66. The molecule has 4 nitrogen and oxygen atoms in total. The number of aryl methyl sites for hydroxylation is 1. The predicted molar refractivity (Wildman–Crippen MR) is 68.6 cm³/mol. The molecular weight excluding hydrogens is 252 g/mol. The summed E-state index contributed by atoms with van der Waals surface area (Å²) in [6.07, 6.45) is 1.44. The number of carbonyl (C=O) groups is 1. The van der Waals surface area contributed by atoms with Crippen molar-refractivity contribution < 1.29 is 9.21 Å². The summed E-state index contributed by atoms with van der Waals surface area (Å²) in [7, 11) is 0. The third-order valence-electron chi connectivity index (χ3n) is 2.53. The zero-order valence-corrected chi connectivity index (χ0v) is 10.9. The van der Waals surface area contributed by atoms with Gasteiger partial charge in [0.25, 0.3) is 5.91 Å². The minimum Gasteiger partial charge on any atom is -0.464 e. The SMILES string of the molecule is Cc1ccc(C(C)NC(=O)c2ccc(Cl)nc2)o1. The van der Waals surface area contributed by atoms with Gasteiger partial charge in [0.15, 0.2) is 0 Å². The van der Waals surface area contributed by atoms with Crippen LogP contribution in [0, 0.1) is 6.92 Å². The molecule has 2 aromatic rings. The van der Waals surface area contributed by atoms with Crippen LogP contribution in [0.1, 0.15) is 34.8 Å². The molecule has 0 aliphatic carbocycles. The summed E-state index contributed by atoms with van der Waals surface area (Å²) < 4.78 is 5.45. The number of aromatic nitrogens is 1. The minimum absolute atomic E-state index is 0.193. The molecule has 0 bridgehead atoms. The van der Waals surface area contributed by atoms with Crippen LogP contribution in [-0.4, -0.2) is 10.9 Å². The van der Waals surface area contributed by atoms with Crippen LogP contribution in [-0.2, 0) is 0 Å². The second-order valence-corrected chi connectivity index (χ2v) is 4.40. The Bertz CT molecular complexity index is 548. The van der Waals surface area contributed by atoms with Crippen molar-refractivity contribution in [3.05, 3.63) is 52.7 Å². The number of nitrogens with zero attached hydrogens (tertiary/aromatic N) is 1. The molecule has 0 aliphatic rings. The van der Waals surface area contributed by atoms with E-state index >= 15 is 0 Å². The normalized spacial score (nSPS) is 12.2. The van der Waals surface area contributed by atoms with Crippen LogP contribution >= 0.6 is 11.6 Å². The van der Waals surface area contributed by atoms with Crippen LogP contribution < -0.4 is 5.32 Å². The Morgan fingerprint density at radius 2 is 2.17 bits per heavy atom. The molecule has 94 valence electrons. The Hall–Kier alpha value is -1.81. The highest BCUT2D eigenvalue weighted by Gasteiger charge is 2.14. The van der Waals surface area contributed by atoms with Crippen molar-refractivity contribution in [3.8, 4) is 0 Å². The van der Waals surface area contributed by atoms with Crippen molar-refractivity contribution in [2.24, 2.45) is 0 Å². The summed E-state index contributed by atoms with van der Waals surface area (Å²) in [4.78, 5) is 15.8. The number of halogens is 1. The van der Waals surface area contributed by atoms with Gasteiger partial charge in [-0.3, -0.25) is 4.79 Å². The molecule has 2 aromatic heterocycles. The maximum atomic E-state index is 11.9. The highest BCUT2D eigenvalue weighted by molar-refractivity contribution is 6.29. The average molecular weight is 265 g/mol. The molecule has 0 spiro atoms. The van der Waals surface area contributed by atoms with E-state index in [0.29, 0.717) is 10.7 Å². The van der Waals surface area contributed by atoms with E-state index in [0.717, 1.165) is 11.5 Å². The number of amides is 1. The summed E-state index contributed by atoms with van der Waals surface area (Å²) in [6.45, 7) is 3.72. The highest BCUT2D eigenvalue weighted by atomic mass is 35.5. The number of hydrogen-bond donors (Lipinski definition) is 1. The lowest BCUT2D eigenvalue weighted by Gasteiger charge is -2.11. The number of carbonyl (C=O) groups excluding carboxylic acids is 1. The van der Waals surface area contributed by atoms with Gasteiger partial charge in [-0.05, 0) is 38.1 Å². The van der Waals surface area contributed by atoms with Gasteiger partial charge < -0.3 is 9.73 Å². The molecule has 1 amide bonds. The molecule has 1 N–H and O–H groups in total. The van der Waals surface area contributed by atoms with Crippen LogP contribution in [0.2, 0.25) is 5.15 Å². The molecular formula is C13H13ClN2O2. The Morgan fingerprint density at radius 3 is 2.72 bits per heavy atom. The molecule has 0 aromatic carbocycles. The quantitative estimate of drug-likeness (QED) is 0.867. The molecule has 2 heterocycles. The van der Waals surface area contributed by atoms with Gasteiger partial charge in [0.05, 0.1) is 11.6 Å². The Labute approximate surface area is 110 Å². The topological polar surface area (TPSA) is 55.1 Å². The molecule has 0 saturated heterocycles. The van der Waals surface area contributed by atoms with Gasteiger partial charge in [-0.15, -0.1) is 0 Å². The largest absolute Gasteiger partial charge is 0.464 e. The van der Waals surface area contributed by atoms with Crippen LogP contribution in [0.5, 0.6) is 0 Å². The monoisotopic (exact) mass is 264 g/mol. The lowest BCUT2D eigenvalue weighted by molar-refractivity contribution is 0.0935. The maximum Gasteiger partial charge on any atom is 0.253 e. The molecule has 1 unspecified atom stereocenters. The van der Waals surface area contributed by atoms with E-state index in [1.807, 2.05) is 26.0 Å². The lowest BCUT2D eigenvalue weighted by atomic mass is 10.2. The lowest BCUT2D eigenvalue weighted by Crippen LogP contribution is -2.26. The first-order valence-corrected chi connectivity index (χ1v) is 5.93. The molecule has 2 rings (SSSR count). The van der Waals surface area contributed by atoms with Crippen LogP contribution in [0.4, 0.5) is 0 Å². The fraction of sp³-hybridized carbons (Fsp3) is 0.231. The van der Waals surface area contributed by atoms with Crippen LogP contribution in [0.3, 0.4) is 0 Å². The van der Waals surface area contributed by atoms with Crippen molar-refractivity contribution in [2.75, 3.05) is 0 Å². The van der Waals surface area contributed by atoms with E-state index in [2.05, 4.69) is 10.3 Å². The number of nitrogens with one attached hydrogen (secondary N) is 1. The first-order chi connectivity index (χ1) is 8.56. The zero-order valence-electron chi connectivity index (χ0n) is 10.1. The van der Waals surface area contributed by atoms with E-state index in [9.17, 15) is 4.79 Å². The van der Waals surface area contributed by atoms with Gasteiger partial charge in [0.1, 0.15) is 16.7 Å². The minimum atomic E-state index is -0.208. The first kappa shape index (κ1) is 12.6. The van der Waals surface area contributed by atoms with Gasteiger partial charge >= 0.3 is 0 Å². The van der Waals surface area contributed by atoms with E-state index in [4.69, 9.17) is 16.0 Å². The summed E-state index contributed by atoms with van der Waals surface area (Å²) in [5.41, 5.74) is 0.467. The number of rotatable bonds is 3. The zero-order chi connectivity index (χ0) is 13.1. The third kappa shape index (κ3) is 2.90. The van der Waals surface area contributed by atoms with Crippen molar-refractivity contribution in [3.63, 3.8) is 0 Å². The molecule has 0 radical (unpaired) electrons. The first-order valence-electron chi connectivity index (χ1n) is 5.55.